The molecule has 1 aromatic carbocycles. The zero-order valence-electron chi connectivity index (χ0n) is 15.2. The van der Waals surface area contributed by atoms with Gasteiger partial charge in [0.05, 0.1) is 24.4 Å². The third kappa shape index (κ3) is 3.05. The Kier molecular flexibility index (Phi) is 4.58. The predicted octanol–water partition coefficient (Wildman–Crippen LogP) is 2.05. The Hall–Kier alpha value is -2.49. The molecule has 6 heteroatoms. The molecule has 26 heavy (non-hydrogen) atoms. The van der Waals surface area contributed by atoms with Gasteiger partial charge in [-0.1, -0.05) is 30.3 Å². The maximum absolute atomic E-state index is 9.60. The fourth-order valence-corrected chi connectivity index (χ4v) is 3.90. The van der Waals surface area contributed by atoms with Gasteiger partial charge in [-0.3, -0.25) is 4.90 Å². The molecule has 2 atom stereocenters. The van der Waals surface area contributed by atoms with Crippen LogP contribution in [0.15, 0.2) is 30.3 Å². The molecule has 3 heterocycles. The van der Waals surface area contributed by atoms with E-state index in [-0.39, 0.29) is 6.10 Å². The lowest BCUT2D eigenvalue weighted by molar-refractivity contribution is -0.0499. The molecule has 0 amide bonds. The highest BCUT2D eigenvalue weighted by Crippen LogP contribution is 2.30. The minimum Gasteiger partial charge on any atom is -0.373 e. The first kappa shape index (κ1) is 17.0. The van der Waals surface area contributed by atoms with Gasteiger partial charge < -0.3 is 9.64 Å². The lowest BCUT2D eigenvalue weighted by Gasteiger charge is -2.36. The van der Waals surface area contributed by atoms with E-state index in [2.05, 4.69) is 50.3 Å². The zero-order chi connectivity index (χ0) is 18.1. The van der Waals surface area contributed by atoms with Crippen molar-refractivity contribution in [1.29, 1.82) is 5.26 Å². The molecule has 2 aromatic rings. The maximum Gasteiger partial charge on any atom is 0.169 e. The monoisotopic (exact) mass is 349 g/mol. The number of benzene rings is 1. The number of rotatable bonds is 3. The third-order valence-electron chi connectivity index (χ3n) is 5.49. The van der Waals surface area contributed by atoms with Crippen LogP contribution in [-0.2, 0) is 11.3 Å². The molecule has 0 unspecified atom stereocenters. The van der Waals surface area contributed by atoms with Gasteiger partial charge in [0.1, 0.15) is 11.6 Å². The second kappa shape index (κ2) is 7.02. The summed E-state index contributed by atoms with van der Waals surface area (Å²) in [5.74, 6) is 0.688. The van der Waals surface area contributed by atoms with Crippen LogP contribution in [0.25, 0.3) is 0 Å². The van der Waals surface area contributed by atoms with Crippen LogP contribution in [0.3, 0.4) is 0 Å². The lowest BCUT2D eigenvalue weighted by Crippen LogP contribution is -2.50. The Labute approximate surface area is 154 Å². The molecule has 134 valence electrons. The minimum absolute atomic E-state index is 0.141. The fraction of sp³-hybridized carbons (Fsp3) is 0.450. The average molecular weight is 349 g/mol. The molecule has 2 aliphatic rings. The maximum atomic E-state index is 9.60. The van der Waals surface area contributed by atoms with E-state index in [1.54, 1.807) is 0 Å². The molecule has 0 saturated carbocycles. The predicted molar refractivity (Wildman–Crippen MR) is 98.8 cm³/mol. The van der Waals surface area contributed by atoms with Crippen molar-refractivity contribution in [2.75, 3.05) is 31.1 Å². The van der Waals surface area contributed by atoms with Crippen molar-refractivity contribution < 1.29 is 4.74 Å². The molecule has 4 rings (SSSR count). The van der Waals surface area contributed by atoms with Gasteiger partial charge >= 0.3 is 0 Å². The normalized spacial score (nSPS) is 22.9. The van der Waals surface area contributed by atoms with E-state index in [1.807, 2.05) is 19.9 Å². The number of ether oxygens (including phenoxy) is 1. The van der Waals surface area contributed by atoms with Crippen LogP contribution < -0.4 is 4.90 Å². The molecule has 6 nitrogen and oxygen atoms in total. The van der Waals surface area contributed by atoms with Gasteiger partial charge in [-0.15, -0.1) is 5.10 Å². The van der Waals surface area contributed by atoms with Gasteiger partial charge in [0, 0.05) is 26.2 Å². The third-order valence-corrected chi connectivity index (χ3v) is 5.49. The number of nitriles is 1. The second-order valence-electron chi connectivity index (χ2n) is 7.06. The molecule has 0 N–H and O–H groups in total. The van der Waals surface area contributed by atoms with Crippen LogP contribution in [0.1, 0.15) is 22.4 Å². The minimum atomic E-state index is 0.141. The van der Waals surface area contributed by atoms with Crippen molar-refractivity contribution in [3.63, 3.8) is 0 Å². The van der Waals surface area contributed by atoms with Gasteiger partial charge in [0.25, 0.3) is 0 Å². The van der Waals surface area contributed by atoms with Crippen molar-refractivity contribution in [3.05, 3.63) is 52.7 Å². The number of morpholine rings is 1. The number of anilines is 1. The molecule has 0 bridgehead atoms. The average Bonchev–Trinajstić information content (AvgIpc) is 3.10. The molecule has 2 fully saturated rings. The van der Waals surface area contributed by atoms with E-state index >= 15 is 0 Å². The summed E-state index contributed by atoms with van der Waals surface area (Å²) in [6.07, 6.45) is 0.141. The van der Waals surface area contributed by atoms with Gasteiger partial charge in [-0.05, 0) is 25.0 Å². The molecule has 0 spiro atoms. The van der Waals surface area contributed by atoms with Gasteiger partial charge in [0.2, 0.25) is 0 Å². The number of nitrogens with zero attached hydrogens (tertiary/aromatic N) is 5. The second-order valence-corrected chi connectivity index (χ2v) is 7.06. The number of aryl methyl sites for hydroxylation is 1. The fourth-order valence-electron chi connectivity index (χ4n) is 3.90. The van der Waals surface area contributed by atoms with Gasteiger partial charge in [-0.2, -0.15) is 10.4 Å². The van der Waals surface area contributed by atoms with E-state index in [4.69, 9.17) is 4.74 Å². The number of fused-ring (bicyclic) bond motifs is 1. The van der Waals surface area contributed by atoms with Crippen LogP contribution in [0.5, 0.6) is 0 Å². The summed E-state index contributed by atoms with van der Waals surface area (Å²) in [6.45, 7) is 7.97. The summed E-state index contributed by atoms with van der Waals surface area (Å²) in [4.78, 5) is 4.65. The van der Waals surface area contributed by atoms with E-state index in [0.29, 0.717) is 17.4 Å². The molecule has 0 aliphatic carbocycles. The molecular weight excluding hydrogens is 326 g/mol. The number of hydrogen-bond acceptors (Lipinski definition) is 6. The van der Waals surface area contributed by atoms with Gasteiger partial charge in [-0.25, -0.2) is 0 Å². The largest absolute Gasteiger partial charge is 0.373 e. The Balaban J connectivity index is 1.57. The molecule has 2 aliphatic heterocycles. The number of hydrogen-bond donors (Lipinski definition) is 0. The number of aromatic nitrogens is 2. The Morgan fingerprint density at radius 3 is 2.77 bits per heavy atom. The summed E-state index contributed by atoms with van der Waals surface area (Å²) in [6, 6.07) is 13.2. The van der Waals surface area contributed by atoms with Crippen molar-refractivity contribution in [3.8, 4) is 6.07 Å². The smallest absolute Gasteiger partial charge is 0.169 e. The van der Waals surface area contributed by atoms with E-state index < -0.39 is 0 Å². The molecule has 2 saturated heterocycles. The molecule has 0 radical (unpaired) electrons. The first-order valence-corrected chi connectivity index (χ1v) is 9.06. The van der Waals surface area contributed by atoms with Crippen molar-refractivity contribution >= 4 is 5.82 Å². The van der Waals surface area contributed by atoms with E-state index in [9.17, 15) is 5.26 Å². The van der Waals surface area contributed by atoms with Crippen molar-refractivity contribution in [1.82, 2.24) is 15.1 Å². The Morgan fingerprint density at radius 2 is 2.00 bits per heavy atom. The van der Waals surface area contributed by atoms with E-state index in [0.717, 1.165) is 44.0 Å². The highest BCUT2D eigenvalue weighted by molar-refractivity contribution is 5.58. The quantitative estimate of drug-likeness (QED) is 0.845. The highest BCUT2D eigenvalue weighted by Gasteiger charge is 2.41. The van der Waals surface area contributed by atoms with Crippen LogP contribution in [0, 0.1) is 25.2 Å². The van der Waals surface area contributed by atoms with Crippen LogP contribution in [-0.4, -0.2) is 53.5 Å². The highest BCUT2D eigenvalue weighted by atomic mass is 16.5. The molecule has 1 aromatic heterocycles. The first-order chi connectivity index (χ1) is 12.7. The summed E-state index contributed by atoms with van der Waals surface area (Å²) < 4.78 is 6.03. The summed E-state index contributed by atoms with van der Waals surface area (Å²) >= 11 is 0. The Bertz CT molecular complexity index is 832. The summed E-state index contributed by atoms with van der Waals surface area (Å²) in [5, 5.41) is 18.2. The standard InChI is InChI=1S/C20H23N5O/c1-14-15(2)22-23-20(17(14)10-21)25-12-18-19(13-25)26-9-8-24(18)11-16-6-4-3-5-7-16/h3-7,18-19H,8-9,11-13H2,1-2H3/t18-,19-/m0/s1. The first-order valence-electron chi connectivity index (χ1n) is 9.06. The van der Waals surface area contributed by atoms with Crippen LogP contribution in [0.2, 0.25) is 0 Å². The lowest BCUT2D eigenvalue weighted by atomic mass is 10.1. The zero-order valence-corrected chi connectivity index (χ0v) is 15.2. The van der Waals surface area contributed by atoms with Gasteiger partial charge in [0.15, 0.2) is 5.82 Å². The van der Waals surface area contributed by atoms with Crippen molar-refractivity contribution in [2.45, 2.75) is 32.5 Å². The van der Waals surface area contributed by atoms with Crippen molar-refractivity contribution in [2.24, 2.45) is 0 Å². The van der Waals surface area contributed by atoms with Crippen LogP contribution >= 0.6 is 0 Å². The topological polar surface area (TPSA) is 65.3 Å². The summed E-state index contributed by atoms with van der Waals surface area (Å²) in [5.41, 5.74) is 3.67. The summed E-state index contributed by atoms with van der Waals surface area (Å²) in [7, 11) is 0. The molecular formula is C20H23N5O. The Morgan fingerprint density at radius 1 is 1.19 bits per heavy atom. The van der Waals surface area contributed by atoms with Crippen LogP contribution in [0.4, 0.5) is 5.82 Å². The SMILES string of the molecule is Cc1nnc(N2C[C@@H]3OCCN(Cc4ccccc4)[C@H]3C2)c(C#N)c1C. The van der Waals surface area contributed by atoms with E-state index in [1.165, 1.54) is 5.56 Å².